The van der Waals surface area contributed by atoms with Crippen molar-refractivity contribution in [1.82, 2.24) is 10.2 Å². The molecule has 0 spiro atoms. The Hall–Kier alpha value is -0.650. The van der Waals surface area contributed by atoms with E-state index >= 15 is 0 Å². The molecule has 1 saturated heterocycles. The molecule has 1 aliphatic carbocycles. The smallest absolute Gasteiger partial charge is 0.230 e. The molecule has 5 nitrogen and oxygen atoms in total. The van der Waals surface area contributed by atoms with Crippen molar-refractivity contribution in [1.29, 1.82) is 0 Å². The van der Waals surface area contributed by atoms with Crippen molar-refractivity contribution in [2.45, 2.75) is 31.8 Å². The molecule has 2 unspecified atom stereocenters. The van der Waals surface area contributed by atoms with Gasteiger partial charge in [-0.25, -0.2) is 0 Å². The van der Waals surface area contributed by atoms with Crippen LogP contribution in [-0.4, -0.2) is 62.9 Å². The van der Waals surface area contributed by atoms with Gasteiger partial charge >= 0.3 is 0 Å². The fourth-order valence-electron chi connectivity index (χ4n) is 2.52. The number of methoxy groups -OCH3 is 1. The van der Waals surface area contributed by atoms with Crippen LogP contribution in [0.2, 0.25) is 0 Å². The molecule has 104 valence electrons. The zero-order valence-corrected chi connectivity index (χ0v) is 11.4. The first-order valence-electron chi connectivity index (χ1n) is 6.88. The number of carbonyl (C=O) groups excluding carboxylic acids is 1. The fraction of sp³-hybridized carbons (Fsp3) is 0.923. The van der Waals surface area contributed by atoms with Crippen molar-refractivity contribution in [3.63, 3.8) is 0 Å². The van der Waals surface area contributed by atoms with Crippen LogP contribution < -0.4 is 5.32 Å². The van der Waals surface area contributed by atoms with Gasteiger partial charge in [-0.05, 0) is 19.4 Å². The van der Waals surface area contributed by atoms with Crippen molar-refractivity contribution in [2.24, 2.45) is 5.92 Å². The van der Waals surface area contributed by atoms with Crippen molar-refractivity contribution in [2.75, 3.05) is 40.0 Å². The average Bonchev–Trinajstić information content (AvgIpc) is 3.09. The lowest BCUT2D eigenvalue weighted by Crippen LogP contribution is -2.47. The molecule has 2 atom stereocenters. The quantitative estimate of drug-likeness (QED) is 0.709. The van der Waals surface area contributed by atoms with Crippen LogP contribution in [0.25, 0.3) is 0 Å². The Balaban J connectivity index is 1.94. The van der Waals surface area contributed by atoms with Gasteiger partial charge in [-0.15, -0.1) is 0 Å². The van der Waals surface area contributed by atoms with Gasteiger partial charge in [0.25, 0.3) is 0 Å². The largest absolute Gasteiger partial charge is 0.383 e. The minimum atomic E-state index is -0.0255. The fourth-order valence-corrected chi connectivity index (χ4v) is 2.52. The summed E-state index contributed by atoms with van der Waals surface area (Å²) in [7, 11) is 1.68. The van der Waals surface area contributed by atoms with E-state index in [-0.39, 0.29) is 17.9 Å². The number of likely N-dealkylation sites (N-methyl/N-ethyl adjacent to an activating group) is 1. The molecule has 0 aromatic rings. The predicted molar refractivity (Wildman–Crippen MR) is 68.4 cm³/mol. The number of nitrogens with one attached hydrogen (secondary N) is 1. The number of ether oxygens (including phenoxy) is 2. The van der Waals surface area contributed by atoms with Crippen molar-refractivity contribution in [3.05, 3.63) is 0 Å². The highest BCUT2D eigenvalue weighted by Crippen LogP contribution is 2.29. The highest BCUT2D eigenvalue weighted by atomic mass is 16.5. The van der Waals surface area contributed by atoms with Gasteiger partial charge in [0.15, 0.2) is 0 Å². The van der Waals surface area contributed by atoms with Gasteiger partial charge < -0.3 is 19.7 Å². The molecule has 1 heterocycles. The van der Waals surface area contributed by atoms with E-state index in [0.29, 0.717) is 32.4 Å². The Bertz CT molecular complexity index is 277. The van der Waals surface area contributed by atoms with Gasteiger partial charge in [0.2, 0.25) is 5.91 Å². The lowest BCUT2D eigenvalue weighted by Gasteiger charge is -2.27. The number of carbonyl (C=O) groups is 1. The molecule has 2 rings (SSSR count). The van der Waals surface area contributed by atoms with E-state index < -0.39 is 0 Å². The van der Waals surface area contributed by atoms with Crippen LogP contribution in [0.1, 0.15) is 19.8 Å². The minimum Gasteiger partial charge on any atom is -0.383 e. The lowest BCUT2D eigenvalue weighted by atomic mass is 10.0. The summed E-state index contributed by atoms with van der Waals surface area (Å²) < 4.78 is 10.6. The number of rotatable bonds is 7. The maximum absolute atomic E-state index is 12.6. The first-order chi connectivity index (χ1) is 8.77. The van der Waals surface area contributed by atoms with Gasteiger partial charge in [-0.3, -0.25) is 4.79 Å². The first kappa shape index (κ1) is 13.8. The summed E-state index contributed by atoms with van der Waals surface area (Å²) in [6, 6.07) is 0.613. The summed E-state index contributed by atoms with van der Waals surface area (Å²) >= 11 is 0. The Morgan fingerprint density at radius 1 is 1.44 bits per heavy atom. The van der Waals surface area contributed by atoms with E-state index in [9.17, 15) is 4.79 Å². The summed E-state index contributed by atoms with van der Waals surface area (Å²) in [5.41, 5.74) is 0. The molecule has 1 amide bonds. The van der Waals surface area contributed by atoms with E-state index in [0.717, 1.165) is 19.4 Å². The van der Waals surface area contributed by atoms with Crippen molar-refractivity contribution in [3.8, 4) is 0 Å². The molecule has 0 aromatic carbocycles. The van der Waals surface area contributed by atoms with E-state index in [2.05, 4.69) is 12.2 Å². The van der Waals surface area contributed by atoms with Crippen LogP contribution in [0.4, 0.5) is 0 Å². The van der Waals surface area contributed by atoms with E-state index in [1.165, 1.54) is 0 Å². The molecule has 2 aliphatic rings. The van der Waals surface area contributed by atoms with E-state index in [1.54, 1.807) is 7.11 Å². The molecule has 1 saturated carbocycles. The van der Waals surface area contributed by atoms with Crippen LogP contribution >= 0.6 is 0 Å². The van der Waals surface area contributed by atoms with Crippen LogP contribution in [-0.2, 0) is 14.3 Å². The maximum atomic E-state index is 12.6. The summed E-state index contributed by atoms with van der Waals surface area (Å²) in [6.45, 7) is 5.44. The van der Waals surface area contributed by atoms with Gasteiger partial charge in [-0.2, -0.15) is 0 Å². The van der Waals surface area contributed by atoms with E-state index in [1.807, 2.05) is 4.90 Å². The molecular formula is C13H24N2O3. The number of amides is 1. The molecule has 1 N–H and O–H groups in total. The SMILES string of the molecule is CCNC1COCC1C(=O)N(CCOC)C1CC1. The standard InChI is InChI=1S/C13H24N2O3/c1-3-14-12-9-18-8-11(12)13(16)15(6-7-17-2)10-4-5-10/h10-12,14H,3-9H2,1-2H3. The average molecular weight is 256 g/mol. The Morgan fingerprint density at radius 2 is 2.22 bits per heavy atom. The van der Waals surface area contributed by atoms with Crippen LogP contribution in [0, 0.1) is 5.92 Å². The second kappa shape index (κ2) is 6.50. The Kier molecular flexibility index (Phi) is 4.97. The summed E-state index contributed by atoms with van der Waals surface area (Å²) in [5, 5.41) is 3.34. The van der Waals surface area contributed by atoms with Crippen LogP contribution in [0.3, 0.4) is 0 Å². The monoisotopic (exact) mass is 256 g/mol. The van der Waals surface area contributed by atoms with Crippen molar-refractivity contribution >= 4 is 5.91 Å². The normalized spacial score (nSPS) is 27.4. The highest BCUT2D eigenvalue weighted by molar-refractivity contribution is 5.80. The first-order valence-corrected chi connectivity index (χ1v) is 6.88. The van der Waals surface area contributed by atoms with Gasteiger partial charge in [-0.1, -0.05) is 6.92 Å². The van der Waals surface area contributed by atoms with Gasteiger partial charge in [0, 0.05) is 25.7 Å². The summed E-state index contributed by atoms with van der Waals surface area (Å²) in [6.07, 6.45) is 2.27. The molecule has 0 bridgehead atoms. The number of hydrogen-bond acceptors (Lipinski definition) is 4. The van der Waals surface area contributed by atoms with Gasteiger partial charge in [0.05, 0.1) is 25.7 Å². The second-order valence-corrected chi connectivity index (χ2v) is 5.06. The van der Waals surface area contributed by atoms with Gasteiger partial charge in [0.1, 0.15) is 0 Å². The maximum Gasteiger partial charge on any atom is 0.230 e. The topological polar surface area (TPSA) is 50.8 Å². The van der Waals surface area contributed by atoms with Crippen LogP contribution in [0.5, 0.6) is 0 Å². The third kappa shape index (κ3) is 3.22. The molecule has 0 radical (unpaired) electrons. The highest BCUT2D eigenvalue weighted by Gasteiger charge is 2.40. The molecular weight excluding hydrogens is 232 g/mol. The zero-order chi connectivity index (χ0) is 13.0. The molecule has 0 aromatic heterocycles. The predicted octanol–water partition coefficient (Wildman–Crippen LogP) is 0.248. The third-order valence-electron chi connectivity index (χ3n) is 3.67. The summed E-state index contributed by atoms with van der Waals surface area (Å²) in [5.74, 6) is 0.209. The Morgan fingerprint density at radius 3 is 2.83 bits per heavy atom. The Labute approximate surface area is 109 Å². The molecule has 2 fully saturated rings. The summed E-state index contributed by atoms with van der Waals surface area (Å²) in [4.78, 5) is 14.6. The molecule has 5 heteroatoms. The molecule has 1 aliphatic heterocycles. The minimum absolute atomic E-state index is 0.0255. The third-order valence-corrected chi connectivity index (χ3v) is 3.67. The number of nitrogens with zero attached hydrogens (tertiary/aromatic N) is 1. The zero-order valence-electron chi connectivity index (χ0n) is 11.4. The number of hydrogen-bond donors (Lipinski definition) is 1. The molecule has 18 heavy (non-hydrogen) atoms. The second-order valence-electron chi connectivity index (χ2n) is 5.06. The lowest BCUT2D eigenvalue weighted by molar-refractivity contribution is -0.137. The van der Waals surface area contributed by atoms with Crippen LogP contribution in [0.15, 0.2) is 0 Å². The van der Waals surface area contributed by atoms with E-state index in [4.69, 9.17) is 9.47 Å². The van der Waals surface area contributed by atoms with Crippen molar-refractivity contribution < 1.29 is 14.3 Å².